The summed E-state index contributed by atoms with van der Waals surface area (Å²) in [4.78, 5) is 12.3. The van der Waals surface area contributed by atoms with E-state index in [1.165, 1.54) is 0 Å². The monoisotopic (exact) mass is 324 g/mol. The molecule has 19 heavy (non-hydrogen) atoms. The quantitative estimate of drug-likeness (QED) is 0.789. The number of hydrogen-bond donors (Lipinski definition) is 0. The highest BCUT2D eigenvalue weighted by Gasteiger charge is 2.43. The average molecular weight is 325 g/mol. The molecule has 4 heteroatoms. The predicted molar refractivity (Wildman–Crippen MR) is 75.7 cm³/mol. The van der Waals surface area contributed by atoms with Crippen LogP contribution in [0.4, 0.5) is 0 Å². The molecule has 0 N–H and O–H groups in total. The summed E-state index contributed by atoms with van der Waals surface area (Å²) in [6.45, 7) is 0. The van der Waals surface area contributed by atoms with Crippen molar-refractivity contribution < 1.29 is 14.3 Å². The normalized spacial score (nSPS) is 30.0. The van der Waals surface area contributed by atoms with Gasteiger partial charge in [0.2, 0.25) is 0 Å². The SMILES string of the molecule is COC1CCC2(CC1)CC(=O)c1cc(Br)ccc1O2. The molecule has 1 fully saturated rings. The molecule has 0 radical (unpaired) electrons. The van der Waals surface area contributed by atoms with Gasteiger partial charge in [-0.1, -0.05) is 15.9 Å². The number of methoxy groups -OCH3 is 1. The van der Waals surface area contributed by atoms with Crippen LogP contribution in [0.1, 0.15) is 42.5 Å². The fourth-order valence-corrected chi connectivity index (χ4v) is 3.46. The smallest absolute Gasteiger partial charge is 0.170 e. The van der Waals surface area contributed by atoms with Crippen molar-refractivity contribution in [3.05, 3.63) is 28.2 Å². The first-order valence-corrected chi connectivity index (χ1v) is 7.46. The third-order valence-corrected chi connectivity index (χ3v) is 4.72. The minimum Gasteiger partial charge on any atom is -0.486 e. The molecule has 0 aromatic heterocycles. The van der Waals surface area contributed by atoms with Gasteiger partial charge in [-0.05, 0) is 43.9 Å². The van der Waals surface area contributed by atoms with Crippen LogP contribution in [0.3, 0.4) is 0 Å². The molecule has 0 atom stereocenters. The average Bonchev–Trinajstić information content (AvgIpc) is 2.41. The Hall–Kier alpha value is -0.870. The van der Waals surface area contributed by atoms with E-state index in [1.807, 2.05) is 18.2 Å². The highest BCUT2D eigenvalue weighted by Crippen LogP contribution is 2.42. The number of benzene rings is 1. The minimum absolute atomic E-state index is 0.193. The molecule has 1 spiro atoms. The molecule has 0 unspecified atom stereocenters. The van der Waals surface area contributed by atoms with E-state index >= 15 is 0 Å². The highest BCUT2D eigenvalue weighted by molar-refractivity contribution is 9.10. The van der Waals surface area contributed by atoms with Gasteiger partial charge in [0.05, 0.1) is 18.1 Å². The van der Waals surface area contributed by atoms with Crippen molar-refractivity contribution in [2.45, 2.75) is 43.8 Å². The summed E-state index contributed by atoms with van der Waals surface area (Å²) in [6, 6.07) is 5.66. The third-order valence-electron chi connectivity index (χ3n) is 4.23. The topological polar surface area (TPSA) is 35.5 Å². The van der Waals surface area contributed by atoms with Crippen molar-refractivity contribution in [1.82, 2.24) is 0 Å². The zero-order chi connectivity index (χ0) is 13.5. The maximum atomic E-state index is 12.3. The van der Waals surface area contributed by atoms with Gasteiger partial charge in [-0.25, -0.2) is 0 Å². The Balaban J connectivity index is 1.85. The Morgan fingerprint density at radius 3 is 2.79 bits per heavy atom. The van der Waals surface area contributed by atoms with Gasteiger partial charge in [0.25, 0.3) is 0 Å². The zero-order valence-electron chi connectivity index (χ0n) is 10.9. The number of carbonyl (C=O) groups excluding carboxylic acids is 1. The lowest BCUT2D eigenvalue weighted by Crippen LogP contribution is -2.46. The Morgan fingerprint density at radius 1 is 1.37 bits per heavy atom. The molecule has 3 nitrogen and oxygen atoms in total. The first-order valence-electron chi connectivity index (χ1n) is 6.66. The van der Waals surface area contributed by atoms with Gasteiger partial charge in [-0.2, -0.15) is 0 Å². The molecule has 1 heterocycles. The molecule has 0 saturated heterocycles. The van der Waals surface area contributed by atoms with Crippen molar-refractivity contribution in [2.24, 2.45) is 0 Å². The van der Waals surface area contributed by atoms with Crippen molar-refractivity contribution in [3.63, 3.8) is 0 Å². The van der Waals surface area contributed by atoms with Crippen molar-refractivity contribution in [2.75, 3.05) is 7.11 Å². The number of ether oxygens (including phenoxy) is 2. The van der Waals surface area contributed by atoms with Gasteiger partial charge in [-0.3, -0.25) is 4.79 Å². The van der Waals surface area contributed by atoms with Gasteiger partial charge in [0, 0.05) is 11.6 Å². The van der Waals surface area contributed by atoms with Crippen LogP contribution in [0.5, 0.6) is 5.75 Å². The summed E-state index contributed by atoms with van der Waals surface area (Å²) in [5, 5.41) is 0. The summed E-state index contributed by atoms with van der Waals surface area (Å²) in [6.07, 6.45) is 4.54. The fourth-order valence-electron chi connectivity index (χ4n) is 3.10. The lowest BCUT2D eigenvalue weighted by atomic mass is 9.77. The van der Waals surface area contributed by atoms with Crippen LogP contribution in [0.2, 0.25) is 0 Å². The second-order valence-electron chi connectivity index (χ2n) is 5.46. The largest absolute Gasteiger partial charge is 0.486 e. The van der Waals surface area contributed by atoms with Crippen molar-refractivity contribution >= 4 is 21.7 Å². The highest BCUT2D eigenvalue weighted by atomic mass is 79.9. The fraction of sp³-hybridized carbons (Fsp3) is 0.533. The van der Waals surface area contributed by atoms with Gasteiger partial charge in [0.1, 0.15) is 11.4 Å². The molecule has 2 aliphatic rings. The van der Waals surface area contributed by atoms with E-state index in [0.29, 0.717) is 18.1 Å². The number of Topliss-reactive ketones (excluding diaryl/α,β-unsaturated/α-hetero) is 1. The van der Waals surface area contributed by atoms with E-state index in [9.17, 15) is 4.79 Å². The van der Waals surface area contributed by atoms with Crippen LogP contribution < -0.4 is 4.74 Å². The van der Waals surface area contributed by atoms with Crippen LogP contribution in [0.15, 0.2) is 22.7 Å². The molecule has 1 aliphatic carbocycles. The molecule has 0 amide bonds. The summed E-state index contributed by atoms with van der Waals surface area (Å²) >= 11 is 3.40. The van der Waals surface area contributed by atoms with E-state index in [-0.39, 0.29) is 11.4 Å². The second-order valence-corrected chi connectivity index (χ2v) is 6.38. The number of ketones is 1. The van der Waals surface area contributed by atoms with Crippen LogP contribution >= 0.6 is 15.9 Å². The lowest BCUT2D eigenvalue weighted by molar-refractivity contribution is -0.0320. The molecule has 1 aliphatic heterocycles. The Morgan fingerprint density at radius 2 is 2.11 bits per heavy atom. The summed E-state index contributed by atoms with van der Waals surface area (Å²) < 4.78 is 12.5. The molecule has 0 bridgehead atoms. The molecular formula is C15H17BrO3. The molecule has 3 rings (SSSR count). The second kappa shape index (κ2) is 4.91. The molecule has 1 aromatic rings. The van der Waals surface area contributed by atoms with Crippen molar-refractivity contribution in [3.8, 4) is 5.75 Å². The zero-order valence-corrected chi connectivity index (χ0v) is 12.5. The van der Waals surface area contributed by atoms with Crippen molar-refractivity contribution in [1.29, 1.82) is 0 Å². The summed E-state index contributed by atoms with van der Waals surface area (Å²) in [5.41, 5.74) is 0.404. The van der Waals surface area contributed by atoms with E-state index in [0.717, 1.165) is 35.9 Å². The van der Waals surface area contributed by atoms with Gasteiger partial charge >= 0.3 is 0 Å². The number of carbonyl (C=O) groups is 1. The standard InChI is InChI=1S/C15H17BrO3/c1-18-11-4-6-15(7-5-11)9-13(17)12-8-10(16)2-3-14(12)19-15/h2-3,8,11H,4-7,9H2,1H3. The Bertz CT molecular complexity index is 504. The number of halogens is 1. The van der Waals surface area contributed by atoms with Gasteiger partial charge in [-0.15, -0.1) is 0 Å². The first-order chi connectivity index (χ1) is 9.12. The first kappa shape index (κ1) is 13.1. The van der Waals surface area contributed by atoms with Crippen LogP contribution in [0.25, 0.3) is 0 Å². The molecule has 1 aromatic carbocycles. The van der Waals surface area contributed by atoms with Gasteiger partial charge < -0.3 is 9.47 Å². The summed E-state index contributed by atoms with van der Waals surface area (Å²) in [5.74, 6) is 0.925. The summed E-state index contributed by atoms with van der Waals surface area (Å²) in [7, 11) is 1.75. The van der Waals surface area contributed by atoms with E-state index in [4.69, 9.17) is 9.47 Å². The minimum atomic E-state index is -0.299. The van der Waals surface area contributed by atoms with Crippen LogP contribution in [-0.4, -0.2) is 24.6 Å². The lowest BCUT2D eigenvalue weighted by Gasteiger charge is -2.42. The predicted octanol–water partition coefficient (Wildman–Crippen LogP) is 3.74. The Kier molecular flexibility index (Phi) is 3.39. The maximum Gasteiger partial charge on any atom is 0.170 e. The van der Waals surface area contributed by atoms with E-state index < -0.39 is 0 Å². The number of hydrogen-bond acceptors (Lipinski definition) is 3. The molecule has 1 saturated carbocycles. The Labute approximate surface area is 121 Å². The van der Waals surface area contributed by atoms with Crippen LogP contribution in [0, 0.1) is 0 Å². The third kappa shape index (κ3) is 2.43. The van der Waals surface area contributed by atoms with E-state index in [2.05, 4.69) is 15.9 Å². The van der Waals surface area contributed by atoms with E-state index in [1.54, 1.807) is 7.11 Å². The maximum absolute atomic E-state index is 12.3. The van der Waals surface area contributed by atoms with Gasteiger partial charge in [0.15, 0.2) is 5.78 Å². The molecular weight excluding hydrogens is 308 g/mol. The van der Waals surface area contributed by atoms with Crippen LogP contribution in [-0.2, 0) is 4.74 Å². The number of rotatable bonds is 1. The molecule has 102 valence electrons. The number of fused-ring (bicyclic) bond motifs is 1.